The third-order valence-corrected chi connectivity index (χ3v) is 3.48. The summed E-state index contributed by atoms with van der Waals surface area (Å²) in [6.07, 6.45) is -4.66. The summed E-state index contributed by atoms with van der Waals surface area (Å²) in [6, 6.07) is 6.00. The number of hydrogen-bond donors (Lipinski definition) is 1. The first-order valence-corrected chi connectivity index (χ1v) is 6.30. The molecule has 0 bridgehead atoms. The minimum absolute atomic E-state index is 0.00603. The van der Waals surface area contributed by atoms with Crippen LogP contribution in [0.1, 0.15) is 16.1 Å². The van der Waals surface area contributed by atoms with E-state index in [1.54, 1.807) is 0 Å². The number of halogens is 5. The number of benzene rings is 1. The van der Waals surface area contributed by atoms with Crippen molar-refractivity contribution in [3.05, 3.63) is 51.6 Å². The summed E-state index contributed by atoms with van der Waals surface area (Å²) in [4.78, 5) is 14.8. The van der Waals surface area contributed by atoms with Crippen LogP contribution in [-0.2, 0) is 6.18 Å². The van der Waals surface area contributed by atoms with Crippen molar-refractivity contribution in [2.24, 2.45) is 5.73 Å². The smallest absolute Gasteiger partial charge is 0.366 e. The zero-order valence-corrected chi connectivity index (χ0v) is 11.7. The summed E-state index contributed by atoms with van der Waals surface area (Å²) < 4.78 is 38.3. The Morgan fingerprint density at radius 3 is 2.38 bits per heavy atom. The Labute approximate surface area is 127 Å². The zero-order valence-electron chi connectivity index (χ0n) is 10.2. The normalized spacial score (nSPS) is 11.5. The number of hydrogen-bond acceptors (Lipinski definition) is 2. The highest BCUT2D eigenvalue weighted by Crippen LogP contribution is 2.36. The van der Waals surface area contributed by atoms with Crippen molar-refractivity contribution >= 4 is 29.1 Å². The van der Waals surface area contributed by atoms with Gasteiger partial charge >= 0.3 is 6.18 Å². The standard InChI is InChI=1S/C13H7Cl2F3N2O/c14-8-3-1-2-6(10(8)15)11-7(12(19)21)4-5-9(20-11)13(16,17)18/h1-5H,(H2,19,21). The molecule has 110 valence electrons. The maximum Gasteiger partial charge on any atom is 0.433 e. The lowest BCUT2D eigenvalue weighted by Gasteiger charge is -2.12. The van der Waals surface area contributed by atoms with E-state index in [1.165, 1.54) is 18.2 Å². The molecular weight excluding hydrogens is 328 g/mol. The minimum Gasteiger partial charge on any atom is -0.366 e. The molecule has 0 aliphatic carbocycles. The largest absolute Gasteiger partial charge is 0.433 e. The van der Waals surface area contributed by atoms with Gasteiger partial charge in [-0.3, -0.25) is 4.79 Å². The second-order valence-corrected chi connectivity index (χ2v) is 4.84. The maximum atomic E-state index is 12.8. The third kappa shape index (κ3) is 3.11. The van der Waals surface area contributed by atoms with E-state index in [0.29, 0.717) is 6.07 Å². The van der Waals surface area contributed by atoms with Gasteiger partial charge in [-0.2, -0.15) is 13.2 Å². The predicted molar refractivity (Wildman–Crippen MR) is 73.2 cm³/mol. The number of carbonyl (C=O) groups is 1. The van der Waals surface area contributed by atoms with E-state index in [9.17, 15) is 18.0 Å². The van der Waals surface area contributed by atoms with Gasteiger partial charge in [-0.05, 0) is 18.2 Å². The molecule has 8 heteroatoms. The SMILES string of the molecule is NC(=O)c1ccc(C(F)(F)F)nc1-c1cccc(Cl)c1Cl. The first kappa shape index (κ1) is 15.6. The molecular formula is C13H7Cl2F3N2O. The molecule has 0 unspecified atom stereocenters. The molecule has 0 aliphatic rings. The Morgan fingerprint density at radius 2 is 1.81 bits per heavy atom. The average Bonchev–Trinajstić information content (AvgIpc) is 2.40. The van der Waals surface area contributed by atoms with Gasteiger partial charge in [0.25, 0.3) is 5.91 Å². The topological polar surface area (TPSA) is 56.0 Å². The number of aromatic nitrogens is 1. The number of pyridine rings is 1. The van der Waals surface area contributed by atoms with Crippen LogP contribution in [0.4, 0.5) is 13.2 Å². The number of nitrogens with two attached hydrogens (primary N) is 1. The Kier molecular flexibility index (Phi) is 4.11. The molecule has 21 heavy (non-hydrogen) atoms. The summed E-state index contributed by atoms with van der Waals surface area (Å²) >= 11 is 11.8. The Balaban J connectivity index is 2.75. The van der Waals surface area contributed by atoms with E-state index in [1.807, 2.05) is 0 Å². The fraction of sp³-hybridized carbons (Fsp3) is 0.0769. The minimum atomic E-state index is -4.66. The number of primary amides is 1. The maximum absolute atomic E-state index is 12.8. The van der Waals surface area contributed by atoms with Crippen LogP contribution in [0.15, 0.2) is 30.3 Å². The molecule has 0 aliphatic heterocycles. The molecule has 0 spiro atoms. The predicted octanol–water partition coefficient (Wildman–Crippen LogP) is 4.17. The van der Waals surface area contributed by atoms with Crippen LogP contribution >= 0.6 is 23.2 Å². The van der Waals surface area contributed by atoms with Crippen molar-refractivity contribution in [1.29, 1.82) is 0 Å². The molecule has 1 amide bonds. The summed E-state index contributed by atoms with van der Waals surface area (Å²) in [5.74, 6) is -0.915. The van der Waals surface area contributed by atoms with Crippen LogP contribution in [-0.4, -0.2) is 10.9 Å². The van der Waals surface area contributed by atoms with E-state index in [-0.39, 0.29) is 26.9 Å². The second kappa shape index (κ2) is 5.54. The molecule has 1 heterocycles. The summed E-state index contributed by atoms with van der Waals surface area (Å²) in [7, 11) is 0. The summed E-state index contributed by atoms with van der Waals surface area (Å²) in [6.45, 7) is 0. The molecule has 2 rings (SSSR count). The molecule has 0 atom stereocenters. The van der Waals surface area contributed by atoms with Gasteiger partial charge in [0, 0.05) is 5.56 Å². The lowest BCUT2D eigenvalue weighted by atomic mass is 10.0. The summed E-state index contributed by atoms with van der Waals surface area (Å²) in [5, 5.41) is 0.122. The first-order valence-electron chi connectivity index (χ1n) is 5.54. The zero-order chi connectivity index (χ0) is 15.8. The van der Waals surface area contributed by atoms with Gasteiger partial charge in [0.05, 0.1) is 21.3 Å². The molecule has 0 saturated heterocycles. The van der Waals surface area contributed by atoms with Gasteiger partial charge in [-0.25, -0.2) is 4.98 Å². The van der Waals surface area contributed by atoms with E-state index in [2.05, 4.69) is 4.98 Å². The fourth-order valence-electron chi connectivity index (χ4n) is 1.71. The van der Waals surface area contributed by atoms with Gasteiger partial charge in [-0.1, -0.05) is 35.3 Å². The van der Waals surface area contributed by atoms with Crippen molar-refractivity contribution in [2.75, 3.05) is 0 Å². The average molecular weight is 335 g/mol. The van der Waals surface area contributed by atoms with Crippen LogP contribution in [0.2, 0.25) is 10.0 Å². The highest BCUT2D eigenvalue weighted by atomic mass is 35.5. The Morgan fingerprint density at radius 1 is 1.14 bits per heavy atom. The van der Waals surface area contributed by atoms with Crippen molar-refractivity contribution in [3.8, 4) is 11.3 Å². The van der Waals surface area contributed by atoms with E-state index in [0.717, 1.165) is 6.07 Å². The molecule has 1 aromatic heterocycles. The number of carbonyl (C=O) groups excluding carboxylic acids is 1. The molecule has 0 radical (unpaired) electrons. The van der Waals surface area contributed by atoms with Crippen LogP contribution in [0.5, 0.6) is 0 Å². The van der Waals surface area contributed by atoms with E-state index >= 15 is 0 Å². The van der Waals surface area contributed by atoms with Gasteiger partial charge < -0.3 is 5.73 Å². The van der Waals surface area contributed by atoms with Crippen molar-refractivity contribution < 1.29 is 18.0 Å². The van der Waals surface area contributed by atoms with E-state index < -0.39 is 17.8 Å². The van der Waals surface area contributed by atoms with Crippen molar-refractivity contribution in [2.45, 2.75) is 6.18 Å². The number of rotatable bonds is 2. The molecule has 1 aromatic carbocycles. The lowest BCUT2D eigenvalue weighted by Crippen LogP contribution is -2.16. The van der Waals surface area contributed by atoms with Gasteiger partial charge in [0.1, 0.15) is 5.69 Å². The van der Waals surface area contributed by atoms with Crippen molar-refractivity contribution in [3.63, 3.8) is 0 Å². The first-order chi connectivity index (χ1) is 9.71. The summed E-state index contributed by atoms with van der Waals surface area (Å²) in [5.41, 5.74) is 3.68. The van der Waals surface area contributed by atoms with Crippen LogP contribution in [0.25, 0.3) is 11.3 Å². The Hall–Kier alpha value is -1.79. The molecule has 0 saturated carbocycles. The van der Waals surface area contributed by atoms with Crippen LogP contribution < -0.4 is 5.73 Å². The molecule has 0 fully saturated rings. The highest BCUT2D eigenvalue weighted by Gasteiger charge is 2.33. The number of alkyl halides is 3. The van der Waals surface area contributed by atoms with Crippen LogP contribution in [0.3, 0.4) is 0 Å². The van der Waals surface area contributed by atoms with Crippen LogP contribution in [0, 0.1) is 0 Å². The van der Waals surface area contributed by atoms with Gasteiger partial charge in [0.2, 0.25) is 0 Å². The quantitative estimate of drug-likeness (QED) is 0.895. The fourth-order valence-corrected chi connectivity index (χ4v) is 2.10. The van der Waals surface area contributed by atoms with Gasteiger partial charge in [-0.15, -0.1) is 0 Å². The van der Waals surface area contributed by atoms with E-state index in [4.69, 9.17) is 28.9 Å². The number of nitrogens with zero attached hydrogens (tertiary/aromatic N) is 1. The van der Waals surface area contributed by atoms with Crippen molar-refractivity contribution in [1.82, 2.24) is 4.98 Å². The lowest BCUT2D eigenvalue weighted by molar-refractivity contribution is -0.141. The third-order valence-electron chi connectivity index (χ3n) is 2.66. The highest BCUT2D eigenvalue weighted by molar-refractivity contribution is 6.43. The Bertz CT molecular complexity index is 717. The molecule has 3 nitrogen and oxygen atoms in total. The molecule has 2 N–H and O–H groups in total. The monoisotopic (exact) mass is 334 g/mol. The molecule has 2 aromatic rings. The van der Waals surface area contributed by atoms with Gasteiger partial charge in [0.15, 0.2) is 0 Å². The second-order valence-electron chi connectivity index (χ2n) is 4.06. The number of amides is 1.